The third-order valence-corrected chi connectivity index (χ3v) is 6.20. The lowest BCUT2D eigenvalue weighted by atomic mass is 9.86. The highest BCUT2D eigenvalue weighted by Crippen LogP contribution is 2.39. The van der Waals surface area contributed by atoms with Gasteiger partial charge in [-0.3, -0.25) is 4.90 Å². The van der Waals surface area contributed by atoms with E-state index in [1.165, 1.54) is 55.6 Å². The monoisotopic (exact) mass is 376 g/mol. The first kappa shape index (κ1) is 20.6. The molecule has 0 aromatic heterocycles. The van der Waals surface area contributed by atoms with Gasteiger partial charge in [0.2, 0.25) is 0 Å². The first-order valence-corrected chi connectivity index (χ1v) is 10.4. The Morgan fingerprint density at radius 2 is 1.81 bits per heavy atom. The number of benzene rings is 1. The number of hydrogen-bond donors (Lipinski definition) is 0. The van der Waals surface area contributed by atoms with Crippen molar-refractivity contribution < 1.29 is 14.2 Å². The quantitative estimate of drug-likeness (QED) is 0.651. The molecule has 5 nitrogen and oxygen atoms in total. The molecule has 27 heavy (non-hydrogen) atoms. The molecule has 2 atom stereocenters. The molecule has 2 aliphatic heterocycles. The van der Waals surface area contributed by atoms with Gasteiger partial charge >= 0.3 is 0 Å². The normalized spacial score (nSPS) is 24.0. The second kappa shape index (κ2) is 9.87. The predicted molar refractivity (Wildman–Crippen MR) is 109 cm³/mol. The van der Waals surface area contributed by atoms with Crippen molar-refractivity contribution in [1.82, 2.24) is 9.80 Å². The lowest BCUT2D eigenvalue weighted by molar-refractivity contribution is 0.0182. The number of piperidine rings is 1. The number of likely N-dealkylation sites (N-methyl/N-ethyl adjacent to an activating group) is 1. The van der Waals surface area contributed by atoms with E-state index in [1.54, 1.807) is 7.11 Å². The van der Waals surface area contributed by atoms with Gasteiger partial charge in [0.25, 0.3) is 0 Å². The summed E-state index contributed by atoms with van der Waals surface area (Å²) in [6, 6.07) is 5.73. The Morgan fingerprint density at radius 3 is 2.63 bits per heavy atom. The second-order valence-corrected chi connectivity index (χ2v) is 7.96. The summed E-state index contributed by atoms with van der Waals surface area (Å²) in [6.45, 7) is 10.4. The topological polar surface area (TPSA) is 34.2 Å². The Hall–Kier alpha value is -1.14. The average molecular weight is 377 g/mol. The van der Waals surface area contributed by atoms with E-state index in [1.807, 2.05) is 0 Å². The van der Waals surface area contributed by atoms with Crippen LogP contribution in [0.3, 0.4) is 0 Å². The zero-order valence-electron chi connectivity index (χ0n) is 17.5. The lowest BCUT2D eigenvalue weighted by Gasteiger charge is -2.48. The minimum atomic E-state index is 0.558. The maximum atomic E-state index is 5.97. The number of fused-ring (bicyclic) bond motifs is 1. The molecule has 0 spiro atoms. The zero-order valence-corrected chi connectivity index (χ0v) is 17.5. The molecule has 2 fully saturated rings. The van der Waals surface area contributed by atoms with Gasteiger partial charge in [0.1, 0.15) is 12.4 Å². The fourth-order valence-corrected chi connectivity index (χ4v) is 4.53. The molecule has 1 aromatic carbocycles. The number of methoxy groups -OCH3 is 1. The molecular weight excluding hydrogens is 340 g/mol. The van der Waals surface area contributed by atoms with Crippen LogP contribution in [0, 0.1) is 13.8 Å². The molecule has 0 radical (unpaired) electrons. The Bertz CT molecular complexity index is 607. The van der Waals surface area contributed by atoms with E-state index in [0.29, 0.717) is 38.5 Å². The first-order chi connectivity index (χ1) is 13.1. The maximum absolute atomic E-state index is 5.97. The van der Waals surface area contributed by atoms with E-state index in [2.05, 4.69) is 42.8 Å². The van der Waals surface area contributed by atoms with Crippen molar-refractivity contribution in [3.05, 3.63) is 28.8 Å². The van der Waals surface area contributed by atoms with Gasteiger partial charge in [-0.25, -0.2) is 0 Å². The van der Waals surface area contributed by atoms with Gasteiger partial charge in [0, 0.05) is 38.8 Å². The molecule has 0 saturated carbocycles. The number of nitrogens with zero attached hydrogens (tertiary/aromatic N) is 2. The lowest BCUT2D eigenvalue weighted by Crippen LogP contribution is -2.54. The van der Waals surface area contributed by atoms with Crippen molar-refractivity contribution in [2.75, 3.05) is 60.2 Å². The molecule has 0 bridgehead atoms. The van der Waals surface area contributed by atoms with Crippen molar-refractivity contribution in [2.24, 2.45) is 0 Å². The molecule has 0 N–H and O–H groups in total. The van der Waals surface area contributed by atoms with Crippen LogP contribution in [0.25, 0.3) is 0 Å². The zero-order chi connectivity index (χ0) is 19.2. The highest BCUT2D eigenvalue weighted by molar-refractivity contribution is 5.45. The van der Waals surface area contributed by atoms with Gasteiger partial charge < -0.3 is 19.1 Å². The van der Waals surface area contributed by atoms with Crippen LogP contribution in [0.1, 0.15) is 42.0 Å². The van der Waals surface area contributed by atoms with Crippen molar-refractivity contribution in [1.29, 1.82) is 0 Å². The first-order valence-electron chi connectivity index (χ1n) is 10.4. The van der Waals surface area contributed by atoms with Crippen molar-refractivity contribution in [2.45, 2.75) is 45.2 Å². The Kier molecular flexibility index (Phi) is 7.53. The minimum absolute atomic E-state index is 0.558. The molecule has 2 saturated heterocycles. The summed E-state index contributed by atoms with van der Waals surface area (Å²) >= 11 is 0. The van der Waals surface area contributed by atoms with Crippen LogP contribution < -0.4 is 4.74 Å². The molecule has 2 aliphatic rings. The van der Waals surface area contributed by atoms with E-state index in [4.69, 9.17) is 14.2 Å². The number of rotatable bonds is 8. The molecule has 0 amide bonds. The molecule has 0 aliphatic carbocycles. The minimum Gasteiger partial charge on any atom is -0.491 e. The molecule has 3 rings (SSSR count). The highest BCUT2D eigenvalue weighted by atomic mass is 16.5. The van der Waals surface area contributed by atoms with E-state index < -0.39 is 0 Å². The number of ether oxygens (including phenoxy) is 3. The summed E-state index contributed by atoms with van der Waals surface area (Å²) in [5.74, 6) is 0.984. The molecule has 5 heteroatoms. The van der Waals surface area contributed by atoms with Crippen LogP contribution in [0.15, 0.2) is 12.1 Å². The Balaban J connectivity index is 1.64. The van der Waals surface area contributed by atoms with E-state index in [-0.39, 0.29) is 0 Å². The van der Waals surface area contributed by atoms with Crippen LogP contribution in [-0.2, 0) is 9.47 Å². The summed E-state index contributed by atoms with van der Waals surface area (Å²) in [4.78, 5) is 5.24. The summed E-state index contributed by atoms with van der Waals surface area (Å²) in [7, 11) is 3.94. The molecule has 2 heterocycles. The van der Waals surface area contributed by atoms with Crippen LogP contribution in [-0.4, -0.2) is 76.1 Å². The predicted octanol–water partition coefficient (Wildman–Crippen LogP) is 3.19. The summed E-state index contributed by atoms with van der Waals surface area (Å²) in [5.41, 5.74) is 4.14. The third kappa shape index (κ3) is 5.02. The molecular formula is C22H36N2O3. The number of hydrogen-bond acceptors (Lipinski definition) is 5. The van der Waals surface area contributed by atoms with Gasteiger partial charge in [-0.2, -0.15) is 0 Å². The standard InChI is InChI=1S/C22H36N2O3/c1-17-18(2)22(27-15-14-26-13-12-25-4)9-8-20(17)21-7-5-6-19-16-23(3)10-11-24(19)21/h8-9,19,21H,5-7,10-16H2,1-4H3. The Labute approximate surface area is 164 Å². The van der Waals surface area contributed by atoms with Gasteiger partial charge in [-0.1, -0.05) is 6.07 Å². The van der Waals surface area contributed by atoms with E-state index >= 15 is 0 Å². The van der Waals surface area contributed by atoms with Crippen molar-refractivity contribution in [3.63, 3.8) is 0 Å². The molecule has 152 valence electrons. The summed E-state index contributed by atoms with van der Waals surface area (Å²) in [6.07, 6.45) is 3.94. The third-order valence-electron chi connectivity index (χ3n) is 6.20. The van der Waals surface area contributed by atoms with E-state index in [9.17, 15) is 0 Å². The average Bonchev–Trinajstić information content (AvgIpc) is 2.67. The van der Waals surface area contributed by atoms with Gasteiger partial charge in [0.05, 0.1) is 19.8 Å². The van der Waals surface area contributed by atoms with Gasteiger partial charge in [-0.05, 0) is 62.9 Å². The van der Waals surface area contributed by atoms with Gasteiger partial charge in [-0.15, -0.1) is 0 Å². The summed E-state index contributed by atoms with van der Waals surface area (Å²) < 4.78 is 16.5. The van der Waals surface area contributed by atoms with Crippen LogP contribution in [0.4, 0.5) is 0 Å². The van der Waals surface area contributed by atoms with Crippen molar-refractivity contribution >= 4 is 0 Å². The van der Waals surface area contributed by atoms with Crippen LogP contribution >= 0.6 is 0 Å². The van der Waals surface area contributed by atoms with E-state index in [0.717, 1.165) is 5.75 Å². The Morgan fingerprint density at radius 1 is 1.00 bits per heavy atom. The SMILES string of the molecule is COCCOCCOc1ccc(C2CCCC3CN(C)CCN32)c(C)c1C. The molecule has 1 aromatic rings. The highest BCUT2D eigenvalue weighted by Gasteiger charge is 2.35. The molecule has 2 unspecified atom stereocenters. The summed E-state index contributed by atoms with van der Waals surface area (Å²) in [5, 5.41) is 0. The van der Waals surface area contributed by atoms with Gasteiger partial charge in [0.15, 0.2) is 0 Å². The smallest absolute Gasteiger partial charge is 0.122 e. The fraction of sp³-hybridized carbons (Fsp3) is 0.727. The largest absolute Gasteiger partial charge is 0.491 e. The second-order valence-electron chi connectivity index (χ2n) is 7.96. The van der Waals surface area contributed by atoms with Crippen molar-refractivity contribution in [3.8, 4) is 5.75 Å². The number of piperazine rings is 1. The van der Waals surface area contributed by atoms with Crippen LogP contribution in [0.2, 0.25) is 0 Å². The fourth-order valence-electron chi connectivity index (χ4n) is 4.53. The van der Waals surface area contributed by atoms with Crippen LogP contribution in [0.5, 0.6) is 5.75 Å². The maximum Gasteiger partial charge on any atom is 0.122 e.